The van der Waals surface area contributed by atoms with Gasteiger partial charge in [0.25, 0.3) is 0 Å². The highest BCUT2D eigenvalue weighted by molar-refractivity contribution is 8.00. The molecule has 0 saturated heterocycles. The number of nitrogens with one attached hydrogen (secondary N) is 1. The SMILES string of the molecule is C[C@@H](Sc1nnc(-c2ccc(F)cc2)n1N)C(=O)Nc1nc(-c2ccccc2)cs1. The Hall–Kier alpha value is -3.24. The first-order chi connectivity index (χ1) is 14.5. The molecular formula is C20H17FN6OS2. The van der Waals surface area contributed by atoms with E-state index in [1.54, 1.807) is 19.1 Å². The molecule has 0 bridgehead atoms. The fraction of sp³-hybridized carbons (Fsp3) is 0.100. The highest BCUT2D eigenvalue weighted by Gasteiger charge is 2.21. The number of anilines is 1. The zero-order chi connectivity index (χ0) is 21.1. The Morgan fingerprint density at radius 3 is 2.60 bits per heavy atom. The quantitative estimate of drug-likeness (QED) is 0.347. The Balaban J connectivity index is 1.42. The summed E-state index contributed by atoms with van der Waals surface area (Å²) >= 11 is 2.54. The van der Waals surface area contributed by atoms with Crippen LogP contribution in [-0.2, 0) is 4.79 Å². The number of hydrogen-bond acceptors (Lipinski definition) is 7. The van der Waals surface area contributed by atoms with E-state index in [2.05, 4.69) is 20.5 Å². The summed E-state index contributed by atoms with van der Waals surface area (Å²) in [7, 11) is 0. The van der Waals surface area contributed by atoms with E-state index in [9.17, 15) is 9.18 Å². The van der Waals surface area contributed by atoms with Crippen molar-refractivity contribution in [2.75, 3.05) is 11.2 Å². The van der Waals surface area contributed by atoms with E-state index in [0.29, 0.717) is 21.7 Å². The van der Waals surface area contributed by atoms with Crippen LogP contribution in [0.25, 0.3) is 22.6 Å². The molecule has 30 heavy (non-hydrogen) atoms. The van der Waals surface area contributed by atoms with Gasteiger partial charge < -0.3 is 11.2 Å². The van der Waals surface area contributed by atoms with E-state index in [1.165, 1.54) is 39.9 Å². The Bertz CT molecular complexity index is 1160. The molecule has 2 aromatic heterocycles. The van der Waals surface area contributed by atoms with Crippen molar-refractivity contribution >= 4 is 34.1 Å². The van der Waals surface area contributed by atoms with Crippen LogP contribution in [-0.4, -0.2) is 31.0 Å². The van der Waals surface area contributed by atoms with Crippen molar-refractivity contribution in [3.05, 3.63) is 65.8 Å². The maximum Gasteiger partial charge on any atom is 0.239 e. The van der Waals surface area contributed by atoms with Crippen molar-refractivity contribution in [1.29, 1.82) is 0 Å². The normalized spacial score (nSPS) is 11.9. The number of thioether (sulfide) groups is 1. The standard InChI is InChI=1S/C20H17FN6OS2/c1-12(18(28)24-19-23-16(11-29-19)13-5-3-2-4-6-13)30-20-26-25-17(27(20)22)14-7-9-15(21)10-8-14/h2-12H,22H2,1H3,(H,23,24,28)/t12-/m1/s1. The number of amides is 1. The van der Waals surface area contributed by atoms with Crippen LogP contribution in [0.3, 0.4) is 0 Å². The second kappa shape index (κ2) is 8.64. The highest BCUT2D eigenvalue weighted by Crippen LogP contribution is 2.28. The third kappa shape index (κ3) is 4.34. The molecule has 152 valence electrons. The second-order valence-electron chi connectivity index (χ2n) is 6.34. The molecule has 0 fully saturated rings. The fourth-order valence-corrected chi connectivity index (χ4v) is 4.14. The number of carbonyl (C=O) groups excluding carboxylic acids is 1. The lowest BCUT2D eigenvalue weighted by molar-refractivity contribution is -0.115. The summed E-state index contributed by atoms with van der Waals surface area (Å²) in [5.41, 5.74) is 2.43. The van der Waals surface area contributed by atoms with Crippen molar-refractivity contribution in [2.24, 2.45) is 0 Å². The molecule has 0 spiro atoms. The third-order valence-corrected chi connectivity index (χ3v) is 6.04. The molecule has 1 amide bonds. The number of nitrogens with two attached hydrogens (primary N) is 1. The molecule has 0 aliphatic heterocycles. The molecule has 4 aromatic rings. The van der Waals surface area contributed by atoms with Crippen LogP contribution >= 0.6 is 23.1 Å². The highest BCUT2D eigenvalue weighted by atomic mass is 32.2. The topological polar surface area (TPSA) is 98.7 Å². The van der Waals surface area contributed by atoms with Gasteiger partial charge in [-0.25, -0.2) is 14.1 Å². The number of aromatic nitrogens is 4. The van der Waals surface area contributed by atoms with Crippen molar-refractivity contribution in [3.8, 4) is 22.6 Å². The van der Waals surface area contributed by atoms with Gasteiger partial charge in [0.05, 0.1) is 10.9 Å². The minimum Gasteiger partial charge on any atom is -0.335 e. The third-order valence-electron chi connectivity index (χ3n) is 4.22. The van der Waals surface area contributed by atoms with E-state index in [0.717, 1.165) is 11.3 Å². The Kier molecular flexibility index (Phi) is 5.77. The largest absolute Gasteiger partial charge is 0.335 e. The lowest BCUT2D eigenvalue weighted by Crippen LogP contribution is -2.23. The van der Waals surface area contributed by atoms with E-state index < -0.39 is 5.25 Å². The molecule has 0 radical (unpaired) electrons. The maximum atomic E-state index is 13.1. The van der Waals surface area contributed by atoms with Gasteiger partial charge in [-0.15, -0.1) is 21.5 Å². The molecule has 3 N–H and O–H groups in total. The summed E-state index contributed by atoms with van der Waals surface area (Å²) in [6.45, 7) is 1.75. The van der Waals surface area contributed by atoms with E-state index in [-0.39, 0.29) is 11.7 Å². The molecule has 0 unspecified atom stereocenters. The van der Waals surface area contributed by atoms with Crippen molar-refractivity contribution in [1.82, 2.24) is 19.9 Å². The number of thiazole rings is 1. The van der Waals surface area contributed by atoms with Crippen LogP contribution in [0.1, 0.15) is 6.92 Å². The molecule has 2 heterocycles. The zero-order valence-electron chi connectivity index (χ0n) is 15.8. The Morgan fingerprint density at radius 2 is 1.87 bits per heavy atom. The number of halogens is 1. The second-order valence-corrected chi connectivity index (χ2v) is 8.50. The number of rotatable bonds is 6. The molecule has 1 atom stereocenters. The number of nitrogens with zero attached hydrogens (tertiary/aromatic N) is 4. The summed E-state index contributed by atoms with van der Waals surface area (Å²) in [5, 5.41) is 13.2. The number of hydrogen-bond donors (Lipinski definition) is 2. The van der Waals surface area contributed by atoms with E-state index in [4.69, 9.17) is 5.84 Å². The summed E-state index contributed by atoms with van der Waals surface area (Å²) < 4.78 is 14.4. The first-order valence-electron chi connectivity index (χ1n) is 8.96. The maximum absolute atomic E-state index is 13.1. The van der Waals surface area contributed by atoms with Crippen molar-refractivity contribution < 1.29 is 9.18 Å². The summed E-state index contributed by atoms with van der Waals surface area (Å²) in [4.78, 5) is 17.1. The predicted octanol–water partition coefficient (Wildman–Crippen LogP) is 4.04. The Labute approximate surface area is 180 Å². The molecule has 0 aliphatic carbocycles. The zero-order valence-corrected chi connectivity index (χ0v) is 17.5. The number of nitrogen functional groups attached to an aromatic ring is 1. The van der Waals surface area contributed by atoms with Gasteiger partial charge in [0, 0.05) is 16.5 Å². The summed E-state index contributed by atoms with van der Waals surface area (Å²) in [5.74, 6) is 5.89. The van der Waals surface area contributed by atoms with Crippen LogP contribution in [0.5, 0.6) is 0 Å². The van der Waals surface area contributed by atoms with Crippen LogP contribution in [0, 0.1) is 5.82 Å². The van der Waals surface area contributed by atoms with Gasteiger partial charge in [-0.1, -0.05) is 42.1 Å². The summed E-state index contributed by atoms with van der Waals surface area (Å²) in [6, 6.07) is 15.5. The average Bonchev–Trinajstić information content (AvgIpc) is 3.36. The lowest BCUT2D eigenvalue weighted by atomic mass is 10.2. The monoisotopic (exact) mass is 440 g/mol. The summed E-state index contributed by atoms with van der Waals surface area (Å²) in [6.07, 6.45) is 0. The van der Waals surface area contributed by atoms with Crippen LogP contribution in [0.4, 0.5) is 9.52 Å². The van der Waals surface area contributed by atoms with E-state index >= 15 is 0 Å². The van der Waals surface area contributed by atoms with Gasteiger partial charge in [0.15, 0.2) is 11.0 Å². The molecule has 7 nitrogen and oxygen atoms in total. The molecule has 0 aliphatic rings. The fourth-order valence-electron chi connectivity index (χ4n) is 2.64. The van der Waals surface area contributed by atoms with Gasteiger partial charge in [-0.3, -0.25) is 4.79 Å². The van der Waals surface area contributed by atoms with Gasteiger partial charge in [-0.05, 0) is 31.2 Å². The number of benzene rings is 2. The van der Waals surface area contributed by atoms with Crippen LogP contribution in [0.2, 0.25) is 0 Å². The van der Waals surface area contributed by atoms with Crippen molar-refractivity contribution in [2.45, 2.75) is 17.3 Å². The van der Waals surface area contributed by atoms with Gasteiger partial charge >= 0.3 is 0 Å². The minimum atomic E-state index is -0.485. The van der Waals surface area contributed by atoms with Gasteiger partial charge in [-0.2, -0.15) is 0 Å². The smallest absolute Gasteiger partial charge is 0.239 e. The number of carbonyl (C=O) groups is 1. The predicted molar refractivity (Wildman–Crippen MR) is 117 cm³/mol. The molecule has 10 heteroatoms. The minimum absolute atomic E-state index is 0.222. The Morgan fingerprint density at radius 1 is 1.13 bits per heavy atom. The van der Waals surface area contributed by atoms with Crippen LogP contribution in [0.15, 0.2) is 65.1 Å². The first-order valence-corrected chi connectivity index (χ1v) is 10.7. The van der Waals surface area contributed by atoms with Crippen molar-refractivity contribution in [3.63, 3.8) is 0 Å². The van der Waals surface area contributed by atoms with Gasteiger partial charge in [0.1, 0.15) is 5.82 Å². The molecule has 4 rings (SSSR count). The molecule has 0 saturated carbocycles. The average molecular weight is 441 g/mol. The lowest BCUT2D eigenvalue weighted by Gasteiger charge is -2.10. The van der Waals surface area contributed by atoms with E-state index in [1.807, 2.05) is 35.7 Å². The molecule has 2 aromatic carbocycles. The first kappa shape index (κ1) is 20.0. The van der Waals surface area contributed by atoms with Gasteiger partial charge in [0.2, 0.25) is 11.1 Å². The molecular weight excluding hydrogens is 423 g/mol. The van der Waals surface area contributed by atoms with Crippen LogP contribution < -0.4 is 11.2 Å².